The molecule has 1 fully saturated rings. The lowest BCUT2D eigenvalue weighted by atomic mass is 9.94. The predicted molar refractivity (Wildman–Crippen MR) is 186 cm³/mol. The van der Waals surface area contributed by atoms with Gasteiger partial charge in [0.1, 0.15) is 6.54 Å². The Hall–Kier alpha value is -3.87. The summed E-state index contributed by atoms with van der Waals surface area (Å²) < 4.78 is 57.8. The summed E-state index contributed by atoms with van der Waals surface area (Å²) in [5.41, 5.74) is 2.32. The van der Waals surface area contributed by atoms with Crippen LogP contribution in [0.4, 0.5) is 19.1 Å². The largest absolute Gasteiger partial charge is 0.493 e. The number of aromatic nitrogens is 2. The molecule has 3 aromatic carbocycles. The van der Waals surface area contributed by atoms with E-state index < -0.39 is 12.7 Å². The SMILES string of the molecule is COc1cc(C(=O)N(C)CC(CCN2CCC(Nc3nc4ccccc4n3CC(F)(F)F)CC2)c2ccc(Cl)c(Cl)c2)cc(OC)c1OC. The lowest BCUT2D eigenvalue weighted by molar-refractivity contribution is -0.139. The van der Waals surface area contributed by atoms with Crippen molar-refractivity contribution in [1.82, 2.24) is 19.4 Å². The molecular weight excluding hydrogens is 682 g/mol. The van der Waals surface area contributed by atoms with E-state index in [2.05, 4.69) is 15.2 Å². The van der Waals surface area contributed by atoms with E-state index in [0.717, 1.165) is 44.5 Å². The summed E-state index contributed by atoms with van der Waals surface area (Å²) in [6.07, 6.45) is -2.16. The summed E-state index contributed by atoms with van der Waals surface area (Å²) in [5.74, 6) is 1.12. The summed E-state index contributed by atoms with van der Waals surface area (Å²) in [6, 6.07) is 15.6. The van der Waals surface area contributed by atoms with Crippen molar-refractivity contribution in [3.63, 3.8) is 0 Å². The first-order valence-corrected chi connectivity index (χ1v) is 16.7. The Balaban J connectivity index is 1.25. The lowest BCUT2D eigenvalue weighted by Crippen LogP contribution is -2.41. The second kappa shape index (κ2) is 15.8. The van der Waals surface area contributed by atoms with Crippen molar-refractivity contribution >= 4 is 46.1 Å². The van der Waals surface area contributed by atoms with Gasteiger partial charge in [-0.15, -0.1) is 0 Å². The van der Waals surface area contributed by atoms with E-state index in [1.54, 1.807) is 54.4 Å². The Morgan fingerprint density at radius 2 is 1.67 bits per heavy atom. The van der Waals surface area contributed by atoms with Crippen LogP contribution in [-0.2, 0) is 6.54 Å². The van der Waals surface area contributed by atoms with Gasteiger partial charge in [0.05, 0.1) is 42.4 Å². The van der Waals surface area contributed by atoms with E-state index in [-0.39, 0.29) is 23.8 Å². The number of nitrogens with one attached hydrogen (secondary N) is 1. The summed E-state index contributed by atoms with van der Waals surface area (Å²) in [6.45, 7) is 1.55. The topological polar surface area (TPSA) is 81.1 Å². The standard InChI is InChI=1S/C35H40Cl2F3N5O4/c1-43(33(46)24-18-30(47-2)32(49-4)31(19-24)48-3)20-23(22-9-10-26(36)27(37)17-22)11-14-44-15-12-25(13-16-44)41-34-42-28-7-5-6-8-29(28)45(34)21-35(38,39)40/h5-10,17-19,23,25H,11-16,20-21H2,1-4H3,(H,41,42). The molecule has 1 atom stereocenters. The van der Waals surface area contributed by atoms with Gasteiger partial charge < -0.3 is 33.9 Å². The Kier molecular flexibility index (Phi) is 11.7. The summed E-state index contributed by atoms with van der Waals surface area (Å²) >= 11 is 12.6. The number of carbonyl (C=O) groups excluding carboxylic acids is 1. The molecule has 49 heavy (non-hydrogen) atoms. The van der Waals surface area contributed by atoms with E-state index in [4.69, 9.17) is 37.4 Å². The molecule has 9 nitrogen and oxygen atoms in total. The van der Waals surface area contributed by atoms with Gasteiger partial charge in [0.15, 0.2) is 11.5 Å². The van der Waals surface area contributed by atoms with Gasteiger partial charge in [-0.25, -0.2) is 4.98 Å². The molecule has 0 spiro atoms. The van der Waals surface area contributed by atoms with E-state index in [0.29, 0.717) is 50.4 Å². The number of likely N-dealkylation sites (tertiary alicyclic amines) is 1. The van der Waals surface area contributed by atoms with Crippen molar-refractivity contribution in [2.24, 2.45) is 0 Å². The maximum atomic E-state index is 13.7. The fraction of sp³-hybridized carbons (Fsp3) is 0.429. The Morgan fingerprint density at radius 3 is 2.29 bits per heavy atom. The number of alkyl halides is 3. The summed E-state index contributed by atoms with van der Waals surface area (Å²) in [5, 5.41) is 4.17. The molecule has 0 bridgehead atoms. The number of benzene rings is 3. The highest BCUT2D eigenvalue weighted by atomic mass is 35.5. The molecule has 1 amide bonds. The molecule has 5 rings (SSSR count). The number of halogens is 5. The number of rotatable bonds is 13. The van der Waals surface area contributed by atoms with Crippen LogP contribution in [0, 0.1) is 0 Å². The molecule has 2 heterocycles. The number of piperidine rings is 1. The molecule has 0 aliphatic carbocycles. The maximum Gasteiger partial charge on any atom is 0.406 e. The molecule has 1 unspecified atom stereocenters. The number of likely N-dealkylation sites (N-methyl/N-ethyl adjacent to an activating group) is 1. The number of fused-ring (bicyclic) bond motifs is 1. The number of hydrogen-bond donors (Lipinski definition) is 1. The van der Waals surface area contributed by atoms with Crippen LogP contribution < -0.4 is 19.5 Å². The van der Waals surface area contributed by atoms with Crippen LogP contribution in [0.15, 0.2) is 54.6 Å². The third-order valence-corrected chi connectivity index (χ3v) is 9.61. The van der Waals surface area contributed by atoms with Gasteiger partial charge in [-0.3, -0.25) is 4.79 Å². The van der Waals surface area contributed by atoms with E-state index in [1.165, 1.54) is 25.9 Å². The number of imidazole rings is 1. The number of para-hydroxylation sites is 2. The number of hydrogen-bond acceptors (Lipinski definition) is 7. The highest BCUT2D eigenvalue weighted by Gasteiger charge is 2.31. The Labute approximate surface area is 293 Å². The molecule has 0 saturated carbocycles. The van der Waals surface area contributed by atoms with Gasteiger partial charge in [-0.2, -0.15) is 13.2 Å². The molecule has 4 aromatic rings. The summed E-state index contributed by atoms with van der Waals surface area (Å²) in [4.78, 5) is 22.1. The first-order valence-electron chi connectivity index (χ1n) is 15.9. The van der Waals surface area contributed by atoms with Crippen LogP contribution in [0.5, 0.6) is 17.2 Å². The minimum atomic E-state index is -4.37. The van der Waals surface area contributed by atoms with Crippen molar-refractivity contribution in [2.45, 2.75) is 43.9 Å². The molecule has 1 N–H and O–H groups in total. The van der Waals surface area contributed by atoms with Gasteiger partial charge >= 0.3 is 6.18 Å². The van der Waals surface area contributed by atoms with Crippen LogP contribution in [-0.4, -0.2) is 92.0 Å². The minimum Gasteiger partial charge on any atom is -0.493 e. The molecule has 0 radical (unpaired) electrons. The zero-order chi connectivity index (χ0) is 35.3. The van der Waals surface area contributed by atoms with Gasteiger partial charge in [0.2, 0.25) is 11.7 Å². The van der Waals surface area contributed by atoms with Crippen LogP contribution >= 0.6 is 23.2 Å². The average molecular weight is 723 g/mol. The molecule has 264 valence electrons. The average Bonchev–Trinajstić information content (AvgIpc) is 3.42. The second-order valence-electron chi connectivity index (χ2n) is 12.1. The fourth-order valence-electron chi connectivity index (χ4n) is 6.32. The number of methoxy groups -OCH3 is 3. The van der Waals surface area contributed by atoms with Crippen molar-refractivity contribution in [2.75, 3.05) is 59.9 Å². The van der Waals surface area contributed by atoms with Crippen molar-refractivity contribution < 1.29 is 32.2 Å². The summed E-state index contributed by atoms with van der Waals surface area (Å²) in [7, 11) is 6.25. The Morgan fingerprint density at radius 1 is 1.00 bits per heavy atom. The number of anilines is 1. The number of ether oxygens (including phenoxy) is 3. The smallest absolute Gasteiger partial charge is 0.406 e. The number of nitrogens with zero attached hydrogens (tertiary/aromatic N) is 4. The van der Waals surface area contributed by atoms with Crippen LogP contribution in [0.3, 0.4) is 0 Å². The van der Waals surface area contributed by atoms with Gasteiger partial charge in [-0.1, -0.05) is 41.4 Å². The first kappa shape index (κ1) is 36.4. The normalized spacial score (nSPS) is 14.9. The van der Waals surface area contributed by atoms with Crippen molar-refractivity contribution in [3.05, 3.63) is 75.8 Å². The fourth-order valence-corrected chi connectivity index (χ4v) is 6.62. The monoisotopic (exact) mass is 721 g/mol. The van der Waals surface area contributed by atoms with E-state index >= 15 is 0 Å². The molecule has 14 heteroatoms. The van der Waals surface area contributed by atoms with Crippen LogP contribution in [0.1, 0.15) is 41.1 Å². The third kappa shape index (κ3) is 8.84. The van der Waals surface area contributed by atoms with Crippen molar-refractivity contribution in [3.8, 4) is 17.2 Å². The zero-order valence-electron chi connectivity index (χ0n) is 27.8. The number of amides is 1. The lowest BCUT2D eigenvalue weighted by Gasteiger charge is -2.34. The molecule has 1 saturated heterocycles. The predicted octanol–water partition coefficient (Wildman–Crippen LogP) is 7.75. The van der Waals surface area contributed by atoms with Crippen molar-refractivity contribution in [1.29, 1.82) is 0 Å². The third-order valence-electron chi connectivity index (χ3n) is 8.87. The minimum absolute atomic E-state index is 0.0202. The molecule has 1 aliphatic heterocycles. The quantitative estimate of drug-likeness (QED) is 0.151. The van der Waals surface area contributed by atoms with Crippen LogP contribution in [0.25, 0.3) is 11.0 Å². The highest BCUT2D eigenvalue weighted by Crippen LogP contribution is 2.39. The number of carbonyl (C=O) groups is 1. The van der Waals surface area contributed by atoms with Gasteiger partial charge in [0, 0.05) is 44.2 Å². The van der Waals surface area contributed by atoms with Gasteiger partial charge in [0.25, 0.3) is 5.91 Å². The molecular formula is C35H40Cl2F3N5O4. The van der Waals surface area contributed by atoms with E-state index in [9.17, 15) is 18.0 Å². The Bertz CT molecular complexity index is 1740. The highest BCUT2D eigenvalue weighted by molar-refractivity contribution is 6.42. The molecule has 1 aromatic heterocycles. The van der Waals surface area contributed by atoms with E-state index in [1.807, 2.05) is 12.1 Å². The van der Waals surface area contributed by atoms with Crippen LogP contribution in [0.2, 0.25) is 10.0 Å². The molecule has 1 aliphatic rings. The second-order valence-corrected chi connectivity index (χ2v) is 13.0. The maximum absolute atomic E-state index is 13.7. The first-order chi connectivity index (χ1) is 23.4. The zero-order valence-corrected chi connectivity index (χ0v) is 29.3. The van der Waals surface area contributed by atoms with Gasteiger partial charge in [-0.05, 0) is 67.8 Å².